The van der Waals surface area contributed by atoms with Crippen LogP contribution in [0.3, 0.4) is 0 Å². The highest BCUT2D eigenvalue weighted by molar-refractivity contribution is 7.90. The molecule has 0 unspecified atom stereocenters. The van der Waals surface area contributed by atoms with Gasteiger partial charge in [-0.15, -0.1) is 0 Å². The lowest BCUT2D eigenvalue weighted by Crippen LogP contribution is -2.13. The first-order chi connectivity index (χ1) is 10.8. The van der Waals surface area contributed by atoms with E-state index in [1.165, 1.54) is 24.3 Å². The van der Waals surface area contributed by atoms with Crippen molar-refractivity contribution in [3.05, 3.63) is 63.4 Å². The number of nitro groups is 1. The van der Waals surface area contributed by atoms with Crippen LogP contribution in [0.2, 0.25) is 5.15 Å². The molecule has 9 heteroatoms. The van der Waals surface area contributed by atoms with Crippen LogP contribution >= 0.6 is 11.6 Å². The van der Waals surface area contributed by atoms with E-state index in [1.54, 1.807) is 12.1 Å². The van der Waals surface area contributed by atoms with Crippen molar-refractivity contribution in [3.8, 4) is 0 Å². The topological polar surface area (TPSA) is 95.1 Å². The van der Waals surface area contributed by atoms with Gasteiger partial charge < -0.3 is 0 Å². The van der Waals surface area contributed by atoms with Crippen LogP contribution in [0.4, 0.5) is 5.69 Å². The molecular weight excluding hydrogens is 342 g/mol. The molecule has 0 radical (unpaired) electrons. The van der Waals surface area contributed by atoms with E-state index in [-0.39, 0.29) is 26.8 Å². The molecule has 0 bridgehead atoms. The van der Waals surface area contributed by atoms with Crippen molar-refractivity contribution in [2.75, 3.05) is 0 Å². The molecule has 3 aromatic rings. The maximum absolute atomic E-state index is 12.8. The number of fused-ring (bicyclic) bond motifs is 1. The summed E-state index contributed by atoms with van der Waals surface area (Å²) < 4.78 is 26.4. The predicted molar refractivity (Wildman–Crippen MR) is 85.2 cm³/mol. The maximum Gasteiger partial charge on any atom is 0.288 e. The second-order valence-corrected chi connectivity index (χ2v) is 7.09. The maximum atomic E-state index is 12.8. The van der Waals surface area contributed by atoms with Crippen molar-refractivity contribution in [2.45, 2.75) is 11.8 Å². The molecule has 2 aromatic heterocycles. The average Bonchev–Trinajstić information content (AvgIpc) is 2.83. The smallest absolute Gasteiger partial charge is 0.258 e. The van der Waals surface area contributed by atoms with Gasteiger partial charge in [0, 0.05) is 11.5 Å². The minimum atomic E-state index is -3.95. The van der Waals surface area contributed by atoms with Crippen LogP contribution in [0, 0.1) is 17.0 Å². The normalized spacial score (nSPS) is 11.7. The minimum absolute atomic E-state index is 0.0428. The van der Waals surface area contributed by atoms with Crippen molar-refractivity contribution < 1.29 is 13.3 Å². The summed E-state index contributed by atoms with van der Waals surface area (Å²) in [6.45, 7) is 1.84. The number of benzene rings is 1. The zero-order chi connectivity index (χ0) is 16.8. The molecule has 0 N–H and O–H groups in total. The zero-order valence-electron chi connectivity index (χ0n) is 11.8. The van der Waals surface area contributed by atoms with Gasteiger partial charge in [0.05, 0.1) is 9.82 Å². The molecular formula is C14H10ClN3O4S. The van der Waals surface area contributed by atoms with Crippen LogP contribution in [0.25, 0.3) is 11.0 Å². The van der Waals surface area contributed by atoms with Crippen LogP contribution in [0.15, 0.2) is 47.5 Å². The van der Waals surface area contributed by atoms with Crippen molar-refractivity contribution in [1.82, 2.24) is 8.96 Å². The second-order valence-electron chi connectivity index (χ2n) is 4.91. The summed E-state index contributed by atoms with van der Waals surface area (Å²) in [5, 5.41) is 11.0. The quantitative estimate of drug-likeness (QED) is 0.533. The molecule has 118 valence electrons. The van der Waals surface area contributed by atoms with E-state index in [4.69, 9.17) is 11.6 Å². The van der Waals surface area contributed by atoms with Crippen molar-refractivity contribution in [2.24, 2.45) is 0 Å². The van der Waals surface area contributed by atoms with Gasteiger partial charge in [0.15, 0.2) is 5.65 Å². The van der Waals surface area contributed by atoms with Gasteiger partial charge in [0.2, 0.25) is 0 Å². The van der Waals surface area contributed by atoms with Crippen molar-refractivity contribution in [1.29, 1.82) is 0 Å². The van der Waals surface area contributed by atoms with E-state index in [0.717, 1.165) is 15.7 Å². The predicted octanol–water partition coefficient (Wildman–Crippen LogP) is 3.14. The Balaban J connectivity index is 2.25. The number of nitrogens with zero attached hydrogens (tertiary/aromatic N) is 3. The van der Waals surface area contributed by atoms with Gasteiger partial charge in [-0.3, -0.25) is 10.1 Å². The molecule has 0 fully saturated rings. The van der Waals surface area contributed by atoms with E-state index >= 15 is 0 Å². The molecule has 0 aliphatic rings. The lowest BCUT2D eigenvalue weighted by Gasteiger charge is -2.08. The monoisotopic (exact) mass is 351 g/mol. The number of hydrogen-bond donors (Lipinski definition) is 0. The first kappa shape index (κ1) is 15.4. The van der Waals surface area contributed by atoms with Gasteiger partial charge in [0.25, 0.3) is 15.7 Å². The Morgan fingerprint density at radius 2 is 1.87 bits per heavy atom. The van der Waals surface area contributed by atoms with E-state index in [0.29, 0.717) is 0 Å². The lowest BCUT2D eigenvalue weighted by atomic mass is 10.2. The Morgan fingerprint density at radius 1 is 1.22 bits per heavy atom. The fourth-order valence-electron chi connectivity index (χ4n) is 2.17. The summed E-state index contributed by atoms with van der Waals surface area (Å²) in [7, 11) is -3.95. The van der Waals surface area contributed by atoms with Gasteiger partial charge in [-0.2, -0.15) is 0 Å². The third-order valence-corrected chi connectivity index (χ3v) is 5.41. The fourth-order valence-corrected chi connectivity index (χ4v) is 3.99. The summed E-state index contributed by atoms with van der Waals surface area (Å²) in [5.41, 5.74) is 0.724. The van der Waals surface area contributed by atoms with Crippen LogP contribution in [-0.2, 0) is 10.0 Å². The molecule has 0 saturated heterocycles. The lowest BCUT2D eigenvalue weighted by molar-refractivity contribution is -0.385. The molecule has 1 aromatic carbocycles. The first-order valence-corrected chi connectivity index (χ1v) is 8.26. The van der Waals surface area contributed by atoms with Crippen molar-refractivity contribution >= 4 is 38.3 Å². The highest BCUT2D eigenvalue weighted by atomic mass is 35.5. The molecule has 3 rings (SSSR count). The standard InChI is InChI=1S/C14H10ClN3O4S/c1-9-2-4-12(5-3-9)23(21,22)17-13(15)7-10-6-11(18(19)20)8-16-14(10)17/h2-8H,1H3. The summed E-state index contributed by atoms with van der Waals surface area (Å²) in [6, 6.07) is 8.85. The van der Waals surface area contributed by atoms with Gasteiger partial charge >= 0.3 is 0 Å². The molecule has 0 aliphatic carbocycles. The minimum Gasteiger partial charge on any atom is -0.258 e. The Labute approximate surface area is 136 Å². The number of hydrogen-bond acceptors (Lipinski definition) is 5. The van der Waals surface area contributed by atoms with Crippen LogP contribution in [0.5, 0.6) is 0 Å². The SMILES string of the molecule is Cc1ccc(S(=O)(=O)n2c(Cl)cc3cc([N+](=O)[O-])cnc32)cc1. The third-order valence-electron chi connectivity index (χ3n) is 3.31. The summed E-state index contributed by atoms with van der Waals surface area (Å²) in [5.74, 6) is 0. The molecule has 0 saturated carbocycles. The van der Waals surface area contributed by atoms with Gasteiger partial charge in [-0.05, 0) is 25.1 Å². The molecule has 0 spiro atoms. The van der Waals surface area contributed by atoms with Crippen LogP contribution < -0.4 is 0 Å². The highest BCUT2D eigenvalue weighted by Crippen LogP contribution is 2.29. The molecule has 23 heavy (non-hydrogen) atoms. The second kappa shape index (κ2) is 5.32. The van der Waals surface area contributed by atoms with E-state index in [1.807, 2.05) is 6.92 Å². The van der Waals surface area contributed by atoms with E-state index < -0.39 is 14.9 Å². The fraction of sp³-hybridized carbons (Fsp3) is 0.0714. The number of aromatic nitrogens is 2. The number of rotatable bonds is 3. The van der Waals surface area contributed by atoms with Gasteiger partial charge in [-0.25, -0.2) is 17.4 Å². The van der Waals surface area contributed by atoms with Gasteiger partial charge in [0.1, 0.15) is 11.3 Å². The van der Waals surface area contributed by atoms with Gasteiger partial charge in [-0.1, -0.05) is 29.3 Å². The van der Waals surface area contributed by atoms with Crippen LogP contribution in [0.1, 0.15) is 5.56 Å². The van der Waals surface area contributed by atoms with Crippen LogP contribution in [-0.4, -0.2) is 22.3 Å². The third kappa shape index (κ3) is 2.55. The zero-order valence-corrected chi connectivity index (χ0v) is 13.4. The molecule has 7 nitrogen and oxygen atoms in total. The number of halogens is 1. The first-order valence-electron chi connectivity index (χ1n) is 6.44. The summed E-state index contributed by atoms with van der Waals surface area (Å²) >= 11 is 6.04. The summed E-state index contributed by atoms with van der Waals surface area (Å²) in [4.78, 5) is 14.1. The Hall–Kier alpha value is -2.45. The van der Waals surface area contributed by atoms with Crippen molar-refractivity contribution in [3.63, 3.8) is 0 Å². The molecule has 2 heterocycles. The molecule has 0 atom stereocenters. The molecule has 0 aliphatic heterocycles. The largest absolute Gasteiger partial charge is 0.288 e. The number of pyridine rings is 1. The Kier molecular flexibility index (Phi) is 3.57. The molecule has 0 amide bonds. The highest BCUT2D eigenvalue weighted by Gasteiger charge is 2.24. The Morgan fingerprint density at radius 3 is 2.48 bits per heavy atom. The Bertz CT molecular complexity index is 1030. The van der Waals surface area contributed by atoms with E-state index in [2.05, 4.69) is 4.98 Å². The van der Waals surface area contributed by atoms with E-state index in [9.17, 15) is 18.5 Å². The average molecular weight is 352 g/mol. The summed E-state index contributed by atoms with van der Waals surface area (Å²) in [6.07, 6.45) is 1.000. The number of aryl methyl sites for hydroxylation is 1.